The zero-order valence-corrected chi connectivity index (χ0v) is 11.4. The molecule has 0 aliphatic heterocycles. The maximum absolute atomic E-state index is 12.2. The Hall–Kier alpha value is -2.61. The Labute approximate surface area is 117 Å². The average Bonchev–Trinajstić information content (AvgIpc) is 2.44. The molecule has 0 fully saturated rings. The van der Waals surface area contributed by atoms with Crippen molar-refractivity contribution in [1.82, 2.24) is 4.90 Å². The van der Waals surface area contributed by atoms with Crippen LogP contribution in [0.5, 0.6) is 0 Å². The van der Waals surface area contributed by atoms with Gasteiger partial charge in [-0.3, -0.25) is 4.79 Å². The minimum absolute atomic E-state index is 0.175. The largest absolute Gasteiger partial charge is 0.478 e. The van der Waals surface area contributed by atoms with Crippen molar-refractivity contribution in [3.8, 4) is 6.07 Å². The van der Waals surface area contributed by atoms with Crippen LogP contribution >= 0.6 is 0 Å². The van der Waals surface area contributed by atoms with Crippen LogP contribution in [0.3, 0.4) is 0 Å². The quantitative estimate of drug-likeness (QED) is 0.833. The zero-order valence-electron chi connectivity index (χ0n) is 11.4. The lowest BCUT2D eigenvalue weighted by atomic mass is 10.1. The Morgan fingerprint density at radius 1 is 1.50 bits per heavy atom. The van der Waals surface area contributed by atoms with E-state index in [1.165, 1.54) is 11.0 Å². The summed E-state index contributed by atoms with van der Waals surface area (Å²) in [5.74, 6) is -1.24. The number of carbonyl (C=O) groups excluding carboxylic acids is 1. The van der Waals surface area contributed by atoms with Gasteiger partial charge in [-0.1, -0.05) is 12.1 Å². The fraction of sp³-hybridized carbons (Fsp3) is 0.267. The average molecular weight is 272 g/mol. The molecule has 1 unspecified atom stereocenters. The summed E-state index contributed by atoms with van der Waals surface area (Å²) in [6.45, 7) is 1.80. The second-order valence-corrected chi connectivity index (χ2v) is 4.42. The summed E-state index contributed by atoms with van der Waals surface area (Å²) in [6.07, 6.45) is 2.71. The number of nitriles is 1. The highest BCUT2D eigenvalue weighted by Gasteiger charge is 2.17. The van der Waals surface area contributed by atoms with Crippen molar-refractivity contribution in [2.24, 2.45) is 0 Å². The Kier molecular flexibility index (Phi) is 5.48. The second kappa shape index (κ2) is 7.10. The molecule has 1 N–H and O–H groups in total. The van der Waals surface area contributed by atoms with Gasteiger partial charge in [-0.15, -0.1) is 0 Å². The Bertz CT molecular complexity index is 573. The van der Waals surface area contributed by atoms with Gasteiger partial charge in [0, 0.05) is 24.7 Å². The molecule has 5 heteroatoms. The number of hydrogen-bond donors (Lipinski definition) is 1. The van der Waals surface area contributed by atoms with Gasteiger partial charge in [0.25, 0.3) is 5.91 Å². The number of carbonyl (C=O) groups is 2. The van der Waals surface area contributed by atoms with Gasteiger partial charge in [-0.05, 0) is 30.7 Å². The van der Waals surface area contributed by atoms with Gasteiger partial charge < -0.3 is 10.0 Å². The van der Waals surface area contributed by atoms with E-state index >= 15 is 0 Å². The minimum atomic E-state index is -1.04. The molecule has 0 saturated heterocycles. The highest BCUT2D eigenvalue weighted by Crippen LogP contribution is 2.12. The molecule has 0 radical (unpaired) electrons. The van der Waals surface area contributed by atoms with Crippen LogP contribution in [0.2, 0.25) is 0 Å². The number of carboxylic acids is 1. The van der Waals surface area contributed by atoms with Crippen LogP contribution < -0.4 is 0 Å². The third kappa shape index (κ3) is 4.25. The van der Waals surface area contributed by atoms with Crippen LogP contribution in [0.1, 0.15) is 29.3 Å². The second-order valence-electron chi connectivity index (χ2n) is 4.42. The summed E-state index contributed by atoms with van der Waals surface area (Å²) in [7, 11) is 1.64. The minimum Gasteiger partial charge on any atom is -0.478 e. The molecule has 5 nitrogen and oxygen atoms in total. The van der Waals surface area contributed by atoms with E-state index in [4.69, 9.17) is 10.4 Å². The monoisotopic (exact) mass is 272 g/mol. The first-order valence-corrected chi connectivity index (χ1v) is 6.11. The Morgan fingerprint density at radius 2 is 2.20 bits per heavy atom. The molecule has 0 heterocycles. The molecule has 0 aliphatic rings. The summed E-state index contributed by atoms with van der Waals surface area (Å²) < 4.78 is 0. The number of rotatable bonds is 5. The molecular weight excluding hydrogens is 256 g/mol. The predicted octanol–water partition coefficient (Wildman–Crippen LogP) is 2.16. The highest BCUT2D eigenvalue weighted by atomic mass is 16.4. The third-order valence-corrected chi connectivity index (χ3v) is 2.92. The third-order valence-electron chi connectivity index (χ3n) is 2.92. The predicted molar refractivity (Wildman–Crippen MR) is 74.9 cm³/mol. The van der Waals surface area contributed by atoms with Gasteiger partial charge in [0.15, 0.2) is 0 Å². The molecule has 0 spiro atoms. The molecule has 1 aromatic carbocycles. The number of benzene rings is 1. The van der Waals surface area contributed by atoms with Crippen molar-refractivity contribution >= 4 is 18.0 Å². The van der Waals surface area contributed by atoms with Crippen molar-refractivity contribution in [2.45, 2.75) is 19.4 Å². The van der Waals surface area contributed by atoms with Gasteiger partial charge >= 0.3 is 5.97 Å². The van der Waals surface area contributed by atoms with Gasteiger partial charge in [0.05, 0.1) is 12.5 Å². The van der Waals surface area contributed by atoms with Crippen LogP contribution in [0, 0.1) is 11.3 Å². The molecule has 20 heavy (non-hydrogen) atoms. The molecule has 0 saturated carbocycles. The van der Waals surface area contributed by atoms with Crippen LogP contribution in [0.25, 0.3) is 6.08 Å². The number of amides is 1. The molecule has 0 bridgehead atoms. The van der Waals surface area contributed by atoms with E-state index in [9.17, 15) is 9.59 Å². The summed E-state index contributed by atoms with van der Waals surface area (Å²) in [6, 6.07) is 8.55. The molecule has 1 aromatic rings. The van der Waals surface area contributed by atoms with Gasteiger partial charge in [0.2, 0.25) is 0 Å². The standard InChI is InChI=1S/C15H16N2O3/c1-11(8-9-16)17(2)15(20)13-5-3-4-12(10-13)6-7-14(18)19/h3-7,10-11H,8H2,1-2H3,(H,18,19). The van der Waals surface area contributed by atoms with Crippen molar-refractivity contribution in [3.05, 3.63) is 41.5 Å². The fourth-order valence-corrected chi connectivity index (χ4v) is 1.62. The van der Waals surface area contributed by atoms with Crippen molar-refractivity contribution in [1.29, 1.82) is 5.26 Å². The number of hydrogen-bond acceptors (Lipinski definition) is 3. The number of carboxylic acid groups (broad SMARTS) is 1. The first-order valence-electron chi connectivity index (χ1n) is 6.11. The lowest BCUT2D eigenvalue weighted by Crippen LogP contribution is -2.34. The number of aliphatic carboxylic acids is 1. The van der Waals surface area contributed by atoms with Gasteiger partial charge in [-0.2, -0.15) is 5.26 Å². The zero-order chi connectivity index (χ0) is 15.1. The highest BCUT2D eigenvalue weighted by molar-refractivity contribution is 5.95. The van der Waals surface area contributed by atoms with Gasteiger partial charge in [0.1, 0.15) is 0 Å². The molecule has 104 valence electrons. The van der Waals surface area contributed by atoms with E-state index in [1.807, 2.05) is 6.07 Å². The van der Waals surface area contributed by atoms with Crippen LogP contribution in [0.4, 0.5) is 0 Å². The molecule has 0 aliphatic carbocycles. The Balaban J connectivity index is 2.91. The maximum Gasteiger partial charge on any atom is 0.328 e. The number of nitrogens with zero attached hydrogens (tertiary/aromatic N) is 2. The van der Waals surface area contributed by atoms with Crippen molar-refractivity contribution in [2.75, 3.05) is 7.05 Å². The topological polar surface area (TPSA) is 81.4 Å². The smallest absolute Gasteiger partial charge is 0.328 e. The Morgan fingerprint density at radius 3 is 2.80 bits per heavy atom. The van der Waals surface area contributed by atoms with Crippen LogP contribution in [0.15, 0.2) is 30.3 Å². The summed E-state index contributed by atoms with van der Waals surface area (Å²) >= 11 is 0. The lowest BCUT2D eigenvalue weighted by molar-refractivity contribution is -0.131. The van der Waals surface area contributed by atoms with Crippen molar-refractivity contribution < 1.29 is 14.7 Å². The van der Waals surface area contributed by atoms with E-state index in [1.54, 1.807) is 38.2 Å². The molecule has 1 rings (SSSR count). The van der Waals surface area contributed by atoms with E-state index in [0.29, 0.717) is 11.1 Å². The summed E-state index contributed by atoms with van der Waals surface area (Å²) in [5, 5.41) is 17.2. The van der Waals surface area contributed by atoms with Gasteiger partial charge in [-0.25, -0.2) is 4.79 Å². The van der Waals surface area contributed by atoms with E-state index in [-0.39, 0.29) is 18.4 Å². The SMILES string of the molecule is CC(CC#N)N(C)C(=O)c1cccc(C=CC(=O)O)c1. The first-order chi connectivity index (χ1) is 9.45. The maximum atomic E-state index is 12.2. The van der Waals surface area contributed by atoms with Crippen LogP contribution in [-0.2, 0) is 4.79 Å². The molecule has 1 amide bonds. The first kappa shape index (κ1) is 15.4. The van der Waals surface area contributed by atoms with E-state index in [0.717, 1.165) is 6.08 Å². The molecular formula is C15H16N2O3. The van der Waals surface area contributed by atoms with E-state index < -0.39 is 5.97 Å². The van der Waals surface area contributed by atoms with Crippen LogP contribution in [-0.4, -0.2) is 35.0 Å². The summed E-state index contributed by atoms with van der Waals surface area (Å²) in [5.41, 5.74) is 1.10. The molecule has 1 atom stereocenters. The summed E-state index contributed by atoms with van der Waals surface area (Å²) in [4.78, 5) is 24.2. The molecule has 0 aromatic heterocycles. The van der Waals surface area contributed by atoms with E-state index in [2.05, 4.69) is 0 Å². The lowest BCUT2D eigenvalue weighted by Gasteiger charge is -2.23. The normalized spacial score (nSPS) is 11.8. The fourth-order valence-electron chi connectivity index (χ4n) is 1.62. The van der Waals surface area contributed by atoms with Crippen molar-refractivity contribution in [3.63, 3.8) is 0 Å².